The molecule has 0 saturated heterocycles. The van der Waals surface area contributed by atoms with E-state index in [0.29, 0.717) is 17.2 Å². The van der Waals surface area contributed by atoms with Gasteiger partial charge in [0.05, 0.1) is 23.0 Å². The van der Waals surface area contributed by atoms with E-state index in [2.05, 4.69) is 30.4 Å². The van der Waals surface area contributed by atoms with Gasteiger partial charge in [0.2, 0.25) is 0 Å². The van der Waals surface area contributed by atoms with Gasteiger partial charge in [-0.15, -0.1) is 11.8 Å². The number of hydrogen-bond acceptors (Lipinski definition) is 5. The van der Waals surface area contributed by atoms with E-state index in [9.17, 15) is 14.9 Å². The number of benzene rings is 2. The molecule has 1 amide bonds. The third-order valence-electron chi connectivity index (χ3n) is 5.72. The molecule has 2 aromatic rings. The third-order valence-corrected chi connectivity index (χ3v) is 6.48. The van der Waals surface area contributed by atoms with Crippen LogP contribution >= 0.6 is 11.8 Å². The van der Waals surface area contributed by atoms with Crippen molar-refractivity contribution in [2.75, 3.05) is 19.9 Å². The molecule has 0 spiro atoms. The van der Waals surface area contributed by atoms with E-state index in [1.54, 1.807) is 6.07 Å². The fourth-order valence-corrected chi connectivity index (χ4v) is 4.72. The van der Waals surface area contributed by atoms with Gasteiger partial charge < -0.3 is 10.1 Å². The molecular weight excluding hydrogens is 388 g/mol. The molecule has 0 aromatic heterocycles. The summed E-state index contributed by atoms with van der Waals surface area (Å²) in [6, 6.07) is 11.3. The zero-order chi connectivity index (χ0) is 21.0. The Bertz CT molecular complexity index is 923. The number of thioether (sulfide) groups is 1. The summed E-state index contributed by atoms with van der Waals surface area (Å²) in [7, 11) is 1.46. The number of ether oxygens (including phenoxy) is 1. The van der Waals surface area contributed by atoms with Gasteiger partial charge in [-0.1, -0.05) is 42.7 Å². The summed E-state index contributed by atoms with van der Waals surface area (Å²) in [6.45, 7) is 2.53. The average Bonchev–Trinajstić information content (AvgIpc) is 3.21. The normalized spacial score (nSPS) is 15.1. The second-order valence-corrected chi connectivity index (χ2v) is 8.37. The van der Waals surface area contributed by atoms with E-state index in [1.807, 2.05) is 12.3 Å². The molecule has 1 aliphatic rings. The molecule has 0 heterocycles. The highest BCUT2D eigenvalue weighted by atomic mass is 32.2. The molecule has 1 aliphatic carbocycles. The average molecular weight is 415 g/mol. The Morgan fingerprint density at radius 1 is 1.28 bits per heavy atom. The van der Waals surface area contributed by atoms with Crippen molar-refractivity contribution in [3.8, 4) is 5.75 Å². The lowest BCUT2D eigenvalue weighted by Crippen LogP contribution is -2.39. The van der Waals surface area contributed by atoms with Crippen LogP contribution in [0.4, 0.5) is 5.69 Å². The summed E-state index contributed by atoms with van der Waals surface area (Å²) in [5, 5.41) is 14.5. The number of aryl methyl sites for hydroxylation is 1. The Morgan fingerprint density at radius 3 is 2.59 bits per heavy atom. The van der Waals surface area contributed by atoms with Gasteiger partial charge >= 0.3 is 0 Å². The van der Waals surface area contributed by atoms with Gasteiger partial charge in [0.1, 0.15) is 11.3 Å². The Kier molecular flexibility index (Phi) is 6.47. The van der Waals surface area contributed by atoms with Crippen molar-refractivity contribution in [2.45, 2.75) is 42.9 Å². The van der Waals surface area contributed by atoms with Crippen LogP contribution in [0.5, 0.6) is 5.75 Å². The molecule has 0 atom stereocenters. The first kappa shape index (κ1) is 21.2. The van der Waals surface area contributed by atoms with E-state index in [4.69, 9.17) is 4.74 Å². The van der Waals surface area contributed by atoms with E-state index < -0.39 is 10.8 Å². The van der Waals surface area contributed by atoms with Crippen LogP contribution in [0.3, 0.4) is 0 Å². The topological polar surface area (TPSA) is 81.5 Å². The molecule has 1 saturated carbocycles. The van der Waals surface area contributed by atoms with Gasteiger partial charge in [-0.25, -0.2) is 0 Å². The number of nitrogens with one attached hydrogen (secondary N) is 1. The van der Waals surface area contributed by atoms with Crippen molar-refractivity contribution >= 4 is 23.4 Å². The summed E-state index contributed by atoms with van der Waals surface area (Å²) in [6.07, 6.45) is 6.07. The minimum Gasteiger partial charge on any atom is -0.495 e. The summed E-state index contributed by atoms with van der Waals surface area (Å²) in [5.41, 5.74) is 2.12. The molecule has 7 heteroatoms. The Hall–Kier alpha value is -2.54. The molecule has 3 rings (SSSR count). The zero-order valence-corrected chi connectivity index (χ0v) is 17.8. The number of nitro benzene ring substituents is 1. The number of hydrogen-bond donors (Lipinski definition) is 1. The molecular formula is C22H26N2O4S. The second kappa shape index (κ2) is 8.86. The summed E-state index contributed by atoms with van der Waals surface area (Å²) in [5.74, 6) is -0.0265. The van der Waals surface area contributed by atoms with Gasteiger partial charge in [-0.05, 0) is 37.7 Å². The van der Waals surface area contributed by atoms with Crippen molar-refractivity contribution in [1.29, 1.82) is 0 Å². The highest BCUT2D eigenvalue weighted by Gasteiger charge is 2.36. The van der Waals surface area contributed by atoms with Crippen molar-refractivity contribution in [3.63, 3.8) is 0 Å². The van der Waals surface area contributed by atoms with Gasteiger partial charge in [0.25, 0.3) is 11.6 Å². The quantitative estimate of drug-likeness (QED) is 0.397. The maximum absolute atomic E-state index is 13.0. The minimum atomic E-state index is -0.534. The van der Waals surface area contributed by atoms with Crippen LogP contribution in [-0.4, -0.2) is 30.7 Å². The number of carbonyl (C=O) groups excluding carboxylic acids is 1. The van der Waals surface area contributed by atoms with E-state index in [-0.39, 0.29) is 16.7 Å². The first-order valence-electron chi connectivity index (χ1n) is 9.66. The second-order valence-electron chi connectivity index (χ2n) is 7.52. The first-order valence-corrected chi connectivity index (χ1v) is 10.9. The third kappa shape index (κ3) is 4.40. The van der Waals surface area contributed by atoms with Crippen LogP contribution in [0, 0.1) is 17.0 Å². The molecule has 0 radical (unpaired) electrons. The number of nitrogens with zero attached hydrogens (tertiary/aromatic N) is 1. The zero-order valence-electron chi connectivity index (χ0n) is 17.0. The smallest absolute Gasteiger partial charge is 0.285 e. The van der Waals surface area contributed by atoms with E-state index in [0.717, 1.165) is 25.7 Å². The predicted molar refractivity (Wildman–Crippen MR) is 115 cm³/mol. The first-order chi connectivity index (χ1) is 13.9. The van der Waals surface area contributed by atoms with Gasteiger partial charge in [0.15, 0.2) is 0 Å². The molecule has 0 aliphatic heterocycles. The predicted octanol–water partition coefficient (Wildman–Crippen LogP) is 4.88. The van der Waals surface area contributed by atoms with Crippen molar-refractivity contribution in [1.82, 2.24) is 5.32 Å². The van der Waals surface area contributed by atoms with Crippen molar-refractivity contribution in [2.24, 2.45) is 0 Å². The number of amides is 1. The highest BCUT2D eigenvalue weighted by molar-refractivity contribution is 7.98. The maximum Gasteiger partial charge on any atom is 0.285 e. The Balaban J connectivity index is 1.88. The number of carbonyl (C=O) groups is 1. The van der Waals surface area contributed by atoms with Gasteiger partial charge in [-0.3, -0.25) is 14.9 Å². The lowest BCUT2D eigenvalue weighted by Gasteiger charge is -2.30. The summed E-state index contributed by atoms with van der Waals surface area (Å²) >= 11 is 1.39. The minimum absolute atomic E-state index is 0.0672. The summed E-state index contributed by atoms with van der Waals surface area (Å²) < 4.78 is 5.23. The van der Waals surface area contributed by atoms with E-state index in [1.165, 1.54) is 36.1 Å². The van der Waals surface area contributed by atoms with Crippen LogP contribution in [0.15, 0.2) is 41.3 Å². The van der Waals surface area contributed by atoms with E-state index >= 15 is 0 Å². The lowest BCUT2D eigenvalue weighted by molar-refractivity contribution is -0.385. The standard InChI is InChI=1S/C22H26N2O4S/c1-15-7-6-8-16(11-15)22(9-4-5-10-22)14-23-21(25)17-12-20(29-3)19(28-2)13-18(17)24(26)27/h6-8,11-13H,4-5,9-10,14H2,1-3H3,(H,23,25). The van der Waals surface area contributed by atoms with Crippen LogP contribution in [-0.2, 0) is 5.41 Å². The van der Waals surface area contributed by atoms with Crippen LogP contribution in [0.1, 0.15) is 47.2 Å². The Labute approximate surface area is 175 Å². The molecule has 2 aromatic carbocycles. The number of nitro groups is 1. The van der Waals surface area contributed by atoms with Crippen molar-refractivity contribution < 1.29 is 14.5 Å². The fraction of sp³-hybridized carbons (Fsp3) is 0.409. The van der Waals surface area contributed by atoms with Crippen molar-refractivity contribution in [3.05, 3.63) is 63.2 Å². The van der Waals surface area contributed by atoms with Crippen LogP contribution in [0.25, 0.3) is 0 Å². The monoisotopic (exact) mass is 414 g/mol. The number of rotatable bonds is 7. The van der Waals surface area contributed by atoms with Gasteiger partial charge in [-0.2, -0.15) is 0 Å². The summed E-state index contributed by atoms with van der Waals surface area (Å²) in [4.78, 5) is 24.7. The molecule has 0 unspecified atom stereocenters. The van der Waals surface area contributed by atoms with Gasteiger partial charge in [0, 0.05) is 12.0 Å². The molecule has 29 heavy (non-hydrogen) atoms. The molecule has 154 valence electrons. The number of methoxy groups -OCH3 is 1. The highest BCUT2D eigenvalue weighted by Crippen LogP contribution is 2.41. The molecule has 1 fully saturated rings. The largest absolute Gasteiger partial charge is 0.495 e. The molecule has 1 N–H and O–H groups in total. The Morgan fingerprint density at radius 2 is 2.00 bits per heavy atom. The lowest BCUT2D eigenvalue weighted by atomic mass is 9.78. The molecule has 0 bridgehead atoms. The fourth-order valence-electron chi connectivity index (χ4n) is 4.14. The van der Waals surface area contributed by atoms with Crippen LogP contribution < -0.4 is 10.1 Å². The van der Waals surface area contributed by atoms with Crippen LogP contribution in [0.2, 0.25) is 0 Å². The SMILES string of the molecule is COc1cc([N+](=O)[O-])c(C(=O)NCC2(c3cccc(C)c3)CCCC2)cc1SC. The molecule has 6 nitrogen and oxygen atoms in total. The maximum atomic E-state index is 13.0.